The van der Waals surface area contributed by atoms with Crippen molar-refractivity contribution >= 4 is 34.1 Å². The van der Waals surface area contributed by atoms with Crippen LogP contribution < -0.4 is 9.80 Å². The molecular formula is C46H36F8N2. The number of aryl methyl sites for hydroxylation is 4. The van der Waals surface area contributed by atoms with E-state index in [0.29, 0.717) is 22.3 Å². The predicted octanol–water partition coefficient (Wildman–Crippen LogP) is 13.9. The molecule has 10 heteroatoms. The van der Waals surface area contributed by atoms with Gasteiger partial charge in [-0.2, -0.15) is 0 Å². The van der Waals surface area contributed by atoms with Gasteiger partial charge >= 0.3 is 0 Å². The summed E-state index contributed by atoms with van der Waals surface area (Å²) in [6.07, 6.45) is 0. The Balaban J connectivity index is 1.38. The van der Waals surface area contributed by atoms with E-state index in [1.54, 1.807) is 100 Å². The molecule has 2 aliphatic rings. The smallest absolute Gasteiger partial charge is 0.186 e. The first kappa shape index (κ1) is 37.3. The number of fused-ring (bicyclic) bond motifs is 4. The molecule has 286 valence electrons. The van der Waals surface area contributed by atoms with Crippen molar-refractivity contribution in [3.63, 3.8) is 0 Å². The minimum absolute atomic E-state index is 0.215. The minimum Gasteiger partial charge on any atom is -0.304 e. The van der Waals surface area contributed by atoms with Crippen LogP contribution in [0.3, 0.4) is 0 Å². The zero-order valence-electron chi connectivity index (χ0n) is 31.8. The lowest BCUT2D eigenvalue weighted by Crippen LogP contribution is -2.33. The fourth-order valence-corrected chi connectivity index (χ4v) is 9.67. The molecule has 0 unspecified atom stereocenters. The molecule has 0 spiro atoms. The molecule has 6 aromatic carbocycles. The van der Waals surface area contributed by atoms with E-state index < -0.39 is 79.9 Å². The standard InChI is InChI=1S/C46H36F8N2/c1-21-13-9-17-25-31(21)45(5,6)32-22(2)14-10-18-26(32)55(25)43-39(51)35(47)29(36(48)40(43)52)30-37(49)41(53)44(42(54)38(30)50)56-27-19-11-15-23(3)33(27)46(7,8)34-24(4)16-12-20-28(34)56/h9-20H,1-8H3. The van der Waals surface area contributed by atoms with Crippen LogP contribution >= 0.6 is 0 Å². The van der Waals surface area contributed by atoms with E-state index in [2.05, 4.69) is 0 Å². The molecule has 0 aromatic heterocycles. The largest absolute Gasteiger partial charge is 0.304 e. The highest BCUT2D eigenvalue weighted by Gasteiger charge is 2.45. The van der Waals surface area contributed by atoms with Crippen molar-refractivity contribution in [1.29, 1.82) is 0 Å². The van der Waals surface area contributed by atoms with Gasteiger partial charge in [-0.1, -0.05) is 76.2 Å². The highest BCUT2D eigenvalue weighted by Crippen LogP contribution is 2.57. The maximum atomic E-state index is 16.6. The van der Waals surface area contributed by atoms with Crippen molar-refractivity contribution in [2.24, 2.45) is 0 Å². The van der Waals surface area contributed by atoms with E-state index in [-0.39, 0.29) is 22.7 Å². The molecule has 8 rings (SSSR count). The third kappa shape index (κ3) is 4.80. The molecule has 0 aliphatic carbocycles. The van der Waals surface area contributed by atoms with Gasteiger partial charge < -0.3 is 9.80 Å². The second kappa shape index (κ2) is 12.4. The van der Waals surface area contributed by atoms with Crippen molar-refractivity contribution in [2.75, 3.05) is 9.80 Å². The molecule has 2 aliphatic heterocycles. The molecule has 0 bridgehead atoms. The molecule has 0 saturated carbocycles. The quantitative estimate of drug-likeness (QED) is 0.131. The average molecular weight is 769 g/mol. The molecule has 2 nitrogen and oxygen atoms in total. The van der Waals surface area contributed by atoms with E-state index >= 15 is 35.1 Å². The summed E-state index contributed by atoms with van der Waals surface area (Å²) < 4.78 is 132. The number of anilines is 6. The molecule has 0 amide bonds. The van der Waals surface area contributed by atoms with E-state index in [4.69, 9.17) is 0 Å². The lowest BCUT2D eigenvalue weighted by molar-refractivity contribution is 0.444. The first-order valence-corrected chi connectivity index (χ1v) is 18.1. The van der Waals surface area contributed by atoms with Crippen LogP contribution in [0.5, 0.6) is 0 Å². The van der Waals surface area contributed by atoms with Gasteiger partial charge in [-0.3, -0.25) is 0 Å². The van der Waals surface area contributed by atoms with Crippen LogP contribution in [-0.4, -0.2) is 0 Å². The van der Waals surface area contributed by atoms with Gasteiger partial charge in [0, 0.05) is 10.8 Å². The highest BCUT2D eigenvalue weighted by molar-refractivity contribution is 5.91. The fourth-order valence-electron chi connectivity index (χ4n) is 9.67. The normalized spacial score (nSPS) is 15.0. The molecule has 2 heterocycles. The lowest BCUT2D eigenvalue weighted by Gasteiger charge is -2.44. The molecule has 0 atom stereocenters. The lowest BCUT2D eigenvalue weighted by atomic mass is 9.70. The number of hydrogen-bond acceptors (Lipinski definition) is 2. The second-order valence-corrected chi connectivity index (χ2v) is 15.8. The van der Waals surface area contributed by atoms with E-state index in [9.17, 15) is 0 Å². The topological polar surface area (TPSA) is 6.48 Å². The summed E-state index contributed by atoms with van der Waals surface area (Å²) in [5.74, 6) is -17.0. The van der Waals surface area contributed by atoms with Crippen LogP contribution in [-0.2, 0) is 10.8 Å². The number of halogens is 8. The van der Waals surface area contributed by atoms with Crippen molar-refractivity contribution in [3.05, 3.63) is 164 Å². The summed E-state index contributed by atoms with van der Waals surface area (Å²) in [5, 5.41) is 0. The SMILES string of the molecule is Cc1cccc2c1C(C)(C)c1c(C)cccc1N2c1c(F)c(F)c(-c2c(F)c(F)c(N3c4cccc(C)c4C(C)(C)c4c(C)cccc43)c(F)c2F)c(F)c1F. The average Bonchev–Trinajstić information content (AvgIpc) is 3.13. The van der Waals surface area contributed by atoms with Gasteiger partial charge in [-0.05, 0) is 96.5 Å². The van der Waals surface area contributed by atoms with Gasteiger partial charge in [0.15, 0.2) is 46.5 Å². The van der Waals surface area contributed by atoms with Crippen molar-refractivity contribution in [2.45, 2.75) is 66.2 Å². The van der Waals surface area contributed by atoms with E-state index in [0.717, 1.165) is 32.1 Å². The summed E-state index contributed by atoms with van der Waals surface area (Å²) in [7, 11) is 0. The molecule has 0 radical (unpaired) electrons. The molecule has 0 N–H and O–H groups in total. The Morgan fingerprint density at radius 3 is 0.768 bits per heavy atom. The van der Waals surface area contributed by atoms with Crippen LogP contribution in [0.15, 0.2) is 72.8 Å². The predicted molar refractivity (Wildman–Crippen MR) is 204 cm³/mol. The van der Waals surface area contributed by atoms with Gasteiger partial charge in [0.1, 0.15) is 11.4 Å². The monoisotopic (exact) mass is 768 g/mol. The maximum Gasteiger partial charge on any atom is 0.186 e. The minimum atomic E-state index is -2.24. The zero-order chi connectivity index (χ0) is 40.5. The zero-order valence-corrected chi connectivity index (χ0v) is 31.8. The second-order valence-electron chi connectivity index (χ2n) is 15.8. The molecular weight excluding hydrogens is 733 g/mol. The summed E-state index contributed by atoms with van der Waals surface area (Å²) in [5.41, 5.74) is -1.45. The van der Waals surface area contributed by atoms with Gasteiger partial charge in [0.05, 0.1) is 33.9 Å². The van der Waals surface area contributed by atoms with E-state index in [1.165, 1.54) is 0 Å². The number of hydrogen-bond donors (Lipinski definition) is 0. The van der Waals surface area contributed by atoms with Crippen LogP contribution in [0.25, 0.3) is 11.1 Å². The van der Waals surface area contributed by atoms with Crippen LogP contribution in [0, 0.1) is 74.2 Å². The Morgan fingerprint density at radius 1 is 0.339 bits per heavy atom. The van der Waals surface area contributed by atoms with Crippen molar-refractivity contribution < 1.29 is 35.1 Å². The van der Waals surface area contributed by atoms with Crippen molar-refractivity contribution in [3.8, 4) is 11.1 Å². The van der Waals surface area contributed by atoms with Gasteiger partial charge in [-0.25, -0.2) is 35.1 Å². The molecule has 0 fully saturated rings. The summed E-state index contributed by atoms with van der Waals surface area (Å²) in [4.78, 5) is 2.06. The number of nitrogens with zero attached hydrogens (tertiary/aromatic N) is 2. The Bertz CT molecular complexity index is 2340. The Hall–Kier alpha value is -5.64. The fraction of sp³-hybridized carbons (Fsp3) is 0.217. The third-order valence-electron chi connectivity index (χ3n) is 11.6. The molecule has 6 aromatic rings. The highest BCUT2D eigenvalue weighted by atomic mass is 19.2. The van der Waals surface area contributed by atoms with Gasteiger partial charge in [0.25, 0.3) is 0 Å². The van der Waals surface area contributed by atoms with Crippen LogP contribution in [0.2, 0.25) is 0 Å². The number of benzene rings is 6. The Labute approximate surface area is 319 Å². The Kier molecular flexibility index (Phi) is 8.28. The number of rotatable bonds is 3. The van der Waals surface area contributed by atoms with Crippen LogP contribution in [0.1, 0.15) is 72.2 Å². The van der Waals surface area contributed by atoms with E-state index in [1.807, 2.05) is 27.7 Å². The summed E-state index contributed by atoms with van der Waals surface area (Å²) >= 11 is 0. The first-order chi connectivity index (χ1) is 26.3. The Morgan fingerprint density at radius 2 is 0.554 bits per heavy atom. The third-order valence-corrected chi connectivity index (χ3v) is 11.6. The first-order valence-electron chi connectivity index (χ1n) is 18.1. The van der Waals surface area contributed by atoms with Crippen molar-refractivity contribution in [1.82, 2.24) is 0 Å². The summed E-state index contributed by atoms with van der Waals surface area (Å²) in [6, 6.07) is 19.8. The molecule has 0 saturated heterocycles. The van der Waals surface area contributed by atoms with Crippen LogP contribution in [0.4, 0.5) is 69.2 Å². The van der Waals surface area contributed by atoms with Gasteiger partial charge in [0.2, 0.25) is 0 Å². The maximum absolute atomic E-state index is 16.6. The summed E-state index contributed by atoms with van der Waals surface area (Å²) in [6.45, 7) is 14.8. The van der Waals surface area contributed by atoms with Gasteiger partial charge in [-0.15, -0.1) is 0 Å². The molecule has 56 heavy (non-hydrogen) atoms.